The van der Waals surface area contributed by atoms with E-state index in [0.717, 1.165) is 23.7 Å². The Kier molecular flexibility index (Phi) is 4.29. The second kappa shape index (κ2) is 6.14. The van der Waals surface area contributed by atoms with Gasteiger partial charge in [0.15, 0.2) is 0 Å². The summed E-state index contributed by atoms with van der Waals surface area (Å²) in [4.78, 5) is 0. The Balaban J connectivity index is 1.84. The molecule has 0 unspecified atom stereocenters. The summed E-state index contributed by atoms with van der Waals surface area (Å²) in [5.74, 6) is 0.947. The zero-order valence-corrected chi connectivity index (χ0v) is 11.4. The Labute approximate surface area is 114 Å². The molecule has 3 heteroatoms. The van der Waals surface area contributed by atoms with Gasteiger partial charge in [0, 0.05) is 6.54 Å². The molecule has 0 fully saturated rings. The van der Waals surface area contributed by atoms with Gasteiger partial charge in [-0.2, -0.15) is 0 Å². The Morgan fingerprint density at radius 2 is 1.84 bits per heavy atom. The van der Waals surface area contributed by atoms with E-state index in [0.29, 0.717) is 6.61 Å². The van der Waals surface area contributed by atoms with Crippen molar-refractivity contribution in [1.29, 1.82) is 0 Å². The molecule has 0 aromatic heterocycles. The highest BCUT2D eigenvalue weighted by molar-refractivity contribution is 5.65. The molecule has 2 rings (SSSR count). The van der Waals surface area contributed by atoms with Gasteiger partial charge < -0.3 is 15.8 Å². The van der Waals surface area contributed by atoms with Gasteiger partial charge >= 0.3 is 0 Å². The number of hydrogen-bond acceptors (Lipinski definition) is 3. The lowest BCUT2D eigenvalue weighted by molar-refractivity contribution is 0.330. The third-order valence-electron chi connectivity index (χ3n) is 3.19. The Morgan fingerprint density at radius 3 is 2.63 bits per heavy atom. The molecule has 0 saturated carbocycles. The molecule has 0 heterocycles. The van der Waals surface area contributed by atoms with E-state index in [1.54, 1.807) is 0 Å². The van der Waals surface area contributed by atoms with Crippen LogP contribution in [-0.2, 0) is 0 Å². The van der Waals surface area contributed by atoms with Crippen LogP contribution in [0.1, 0.15) is 11.1 Å². The lowest BCUT2D eigenvalue weighted by atomic mass is 10.1. The summed E-state index contributed by atoms with van der Waals surface area (Å²) in [6, 6.07) is 13.8. The number of para-hydroxylation sites is 2. The van der Waals surface area contributed by atoms with Crippen LogP contribution in [0.5, 0.6) is 5.75 Å². The molecule has 0 saturated heterocycles. The molecule has 0 bridgehead atoms. The first kappa shape index (κ1) is 13.3. The van der Waals surface area contributed by atoms with E-state index < -0.39 is 0 Å². The van der Waals surface area contributed by atoms with Crippen LogP contribution in [0.2, 0.25) is 0 Å². The highest BCUT2D eigenvalue weighted by Gasteiger charge is 2.01. The summed E-state index contributed by atoms with van der Waals surface area (Å²) >= 11 is 0. The standard InChI is InChI=1S/C16H20N2O/c1-12-6-5-9-16(13(12)2)19-11-10-18-15-8-4-3-7-14(15)17/h3-9,18H,10-11,17H2,1-2H3. The molecule has 3 N–H and O–H groups in total. The molecule has 3 nitrogen and oxygen atoms in total. The molecule has 0 spiro atoms. The van der Waals surface area contributed by atoms with Crippen molar-refractivity contribution in [3.05, 3.63) is 53.6 Å². The monoisotopic (exact) mass is 256 g/mol. The molecule has 0 amide bonds. The van der Waals surface area contributed by atoms with Crippen LogP contribution in [-0.4, -0.2) is 13.2 Å². The molecule has 100 valence electrons. The van der Waals surface area contributed by atoms with Gasteiger partial charge in [-0.1, -0.05) is 24.3 Å². The van der Waals surface area contributed by atoms with Crippen molar-refractivity contribution in [3.63, 3.8) is 0 Å². The third kappa shape index (κ3) is 3.41. The van der Waals surface area contributed by atoms with Gasteiger partial charge in [0.05, 0.1) is 11.4 Å². The predicted molar refractivity (Wildman–Crippen MR) is 80.8 cm³/mol. The minimum absolute atomic E-state index is 0.610. The molecule has 2 aromatic carbocycles. The van der Waals surface area contributed by atoms with Gasteiger partial charge in [-0.3, -0.25) is 0 Å². The fraction of sp³-hybridized carbons (Fsp3) is 0.250. The first-order valence-electron chi connectivity index (χ1n) is 6.46. The van der Waals surface area contributed by atoms with E-state index >= 15 is 0 Å². The number of nitrogens with one attached hydrogen (secondary N) is 1. The molecule has 0 aliphatic heterocycles. The lowest BCUT2D eigenvalue weighted by Gasteiger charge is -2.12. The lowest BCUT2D eigenvalue weighted by Crippen LogP contribution is -2.13. The number of ether oxygens (including phenoxy) is 1. The van der Waals surface area contributed by atoms with E-state index in [9.17, 15) is 0 Å². The van der Waals surface area contributed by atoms with Crippen molar-refractivity contribution in [3.8, 4) is 5.75 Å². The van der Waals surface area contributed by atoms with E-state index in [4.69, 9.17) is 10.5 Å². The molecule has 0 aliphatic rings. The molecule has 0 radical (unpaired) electrons. The Morgan fingerprint density at radius 1 is 1.05 bits per heavy atom. The fourth-order valence-corrected chi connectivity index (χ4v) is 1.89. The molecular formula is C16H20N2O. The van der Waals surface area contributed by atoms with Crippen LogP contribution in [0.15, 0.2) is 42.5 Å². The molecule has 19 heavy (non-hydrogen) atoms. The molecular weight excluding hydrogens is 236 g/mol. The topological polar surface area (TPSA) is 47.3 Å². The zero-order chi connectivity index (χ0) is 13.7. The maximum Gasteiger partial charge on any atom is 0.122 e. The van der Waals surface area contributed by atoms with Crippen LogP contribution < -0.4 is 15.8 Å². The second-order valence-electron chi connectivity index (χ2n) is 4.56. The molecule has 0 aliphatic carbocycles. The van der Waals surface area contributed by atoms with Crippen molar-refractivity contribution >= 4 is 11.4 Å². The van der Waals surface area contributed by atoms with E-state index in [1.165, 1.54) is 11.1 Å². The number of benzene rings is 2. The van der Waals surface area contributed by atoms with Crippen molar-refractivity contribution in [2.45, 2.75) is 13.8 Å². The van der Waals surface area contributed by atoms with Crippen molar-refractivity contribution < 1.29 is 4.74 Å². The first-order chi connectivity index (χ1) is 9.18. The minimum atomic E-state index is 0.610. The van der Waals surface area contributed by atoms with Gasteiger partial charge in [-0.05, 0) is 43.2 Å². The SMILES string of the molecule is Cc1cccc(OCCNc2ccccc2N)c1C. The number of anilines is 2. The maximum atomic E-state index is 5.85. The summed E-state index contributed by atoms with van der Waals surface area (Å²) in [5.41, 5.74) is 10.0. The van der Waals surface area contributed by atoms with Crippen molar-refractivity contribution in [1.82, 2.24) is 0 Å². The number of rotatable bonds is 5. The molecule has 0 atom stereocenters. The van der Waals surface area contributed by atoms with Crippen LogP contribution >= 0.6 is 0 Å². The Bertz CT molecular complexity index is 552. The van der Waals surface area contributed by atoms with Gasteiger partial charge in [0.1, 0.15) is 12.4 Å². The first-order valence-corrected chi connectivity index (χ1v) is 6.46. The second-order valence-corrected chi connectivity index (χ2v) is 4.56. The average Bonchev–Trinajstić information content (AvgIpc) is 2.41. The van der Waals surface area contributed by atoms with E-state index in [2.05, 4.69) is 25.2 Å². The summed E-state index contributed by atoms with van der Waals surface area (Å²) in [5, 5.41) is 3.27. The van der Waals surface area contributed by atoms with E-state index in [1.807, 2.05) is 36.4 Å². The summed E-state index contributed by atoms with van der Waals surface area (Å²) < 4.78 is 5.78. The van der Waals surface area contributed by atoms with Crippen LogP contribution in [0.3, 0.4) is 0 Å². The molecule has 2 aromatic rings. The van der Waals surface area contributed by atoms with Gasteiger partial charge in [-0.15, -0.1) is 0 Å². The van der Waals surface area contributed by atoms with Gasteiger partial charge in [-0.25, -0.2) is 0 Å². The average molecular weight is 256 g/mol. The minimum Gasteiger partial charge on any atom is -0.491 e. The van der Waals surface area contributed by atoms with Crippen LogP contribution in [0, 0.1) is 13.8 Å². The van der Waals surface area contributed by atoms with Crippen molar-refractivity contribution in [2.75, 3.05) is 24.2 Å². The van der Waals surface area contributed by atoms with Crippen LogP contribution in [0.4, 0.5) is 11.4 Å². The zero-order valence-electron chi connectivity index (χ0n) is 11.4. The largest absolute Gasteiger partial charge is 0.491 e. The smallest absolute Gasteiger partial charge is 0.122 e. The number of nitrogens with two attached hydrogens (primary N) is 1. The Hall–Kier alpha value is -2.16. The summed E-state index contributed by atoms with van der Waals surface area (Å²) in [6.45, 7) is 5.50. The van der Waals surface area contributed by atoms with Gasteiger partial charge in [0.2, 0.25) is 0 Å². The number of hydrogen-bond donors (Lipinski definition) is 2. The van der Waals surface area contributed by atoms with Crippen LogP contribution in [0.25, 0.3) is 0 Å². The number of aryl methyl sites for hydroxylation is 1. The predicted octanol–water partition coefficient (Wildman–Crippen LogP) is 3.38. The highest BCUT2D eigenvalue weighted by atomic mass is 16.5. The van der Waals surface area contributed by atoms with Gasteiger partial charge in [0.25, 0.3) is 0 Å². The fourth-order valence-electron chi connectivity index (χ4n) is 1.89. The van der Waals surface area contributed by atoms with E-state index in [-0.39, 0.29) is 0 Å². The van der Waals surface area contributed by atoms with Crippen molar-refractivity contribution in [2.24, 2.45) is 0 Å². The highest BCUT2D eigenvalue weighted by Crippen LogP contribution is 2.20. The third-order valence-corrected chi connectivity index (χ3v) is 3.19. The number of nitrogen functional groups attached to an aromatic ring is 1. The summed E-state index contributed by atoms with van der Waals surface area (Å²) in [6.07, 6.45) is 0. The quantitative estimate of drug-likeness (QED) is 0.637. The normalized spacial score (nSPS) is 10.2. The summed E-state index contributed by atoms with van der Waals surface area (Å²) in [7, 11) is 0. The maximum absolute atomic E-state index is 5.85.